The first-order chi connectivity index (χ1) is 5.63. The van der Waals surface area contributed by atoms with Crippen LogP contribution in [0.2, 0.25) is 0 Å². The summed E-state index contributed by atoms with van der Waals surface area (Å²) >= 11 is 0. The Balaban J connectivity index is 3.06. The molecule has 1 N–H and O–H groups in total. The SMILES string of the molecule is COc1cc(O)cc(C(F)F)c1. The number of hydrogen-bond acceptors (Lipinski definition) is 2. The average Bonchev–Trinajstić information content (AvgIpc) is 2.03. The van der Waals surface area contributed by atoms with E-state index in [9.17, 15) is 8.78 Å². The van der Waals surface area contributed by atoms with Crippen LogP contribution in [-0.4, -0.2) is 12.2 Å². The lowest BCUT2D eigenvalue weighted by Crippen LogP contribution is -1.87. The maximum absolute atomic E-state index is 12.1. The number of ether oxygens (including phenoxy) is 1. The molecule has 0 radical (unpaired) electrons. The lowest BCUT2D eigenvalue weighted by Gasteiger charge is -2.04. The van der Waals surface area contributed by atoms with Crippen molar-refractivity contribution in [3.05, 3.63) is 23.8 Å². The van der Waals surface area contributed by atoms with Gasteiger partial charge in [0.05, 0.1) is 7.11 Å². The van der Waals surface area contributed by atoms with Gasteiger partial charge in [-0.05, 0) is 12.1 Å². The van der Waals surface area contributed by atoms with Gasteiger partial charge in [-0.25, -0.2) is 8.78 Å². The molecule has 0 saturated carbocycles. The van der Waals surface area contributed by atoms with Crippen molar-refractivity contribution in [3.63, 3.8) is 0 Å². The Labute approximate surface area is 68.4 Å². The van der Waals surface area contributed by atoms with E-state index in [-0.39, 0.29) is 17.1 Å². The lowest BCUT2D eigenvalue weighted by atomic mass is 10.2. The smallest absolute Gasteiger partial charge is 0.264 e. The van der Waals surface area contributed by atoms with Gasteiger partial charge in [0.15, 0.2) is 0 Å². The van der Waals surface area contributed by atoms with E-state index in [0.29, 0.717) is 0 Å². The summed E-state index contributed by atoms with van der Waals surface area (Å²) in [4.78, 5) is 0. The van der Waals surface area contributed by atoms with Crippen molar-refractivity contribution < 1.29 is 18.6 Å². The molecule has 0 amide bonds. The molecule has 1 aromatic rings. The molecule has 0 bridgehead atoms. The quantitative estimate of drug-likeness (QED) is 0.745. The van der Waals surface area contributed by atoms with Crippen molar-refractivity contribution in [1.29, 1.82) is 0 Å². The van der Waals surface area contributed by atoms with Crippen molar-refractivity contribution in [2.45, 2.75) is 6.43 Å². The third-order valence-electron chi connectivity index (χ3n) is 1.40. The van der Waals surface area contributed by atoms with Crippen LogP contribution in [0, 0.1) is 0 Å². The highest BCUT2D eigenvalue weighted by Crippen LogP contribution is 2.27. The molecule has 0 unspecified atom stereocenters. The first-order valence-electron chi connectivity index (χ1n) is 3.29. The maximum Gasteiger partial charge on any atom is 0.264 e. The number of rotatable bonds is 2. The molecule has 0 aliphatic rings. The fraction of sp³-hybridized carbons (Fsp3) is 0.250. The van der Waals surface area contributed by atoms with Crippen LogP contribution >= 0.6 is 0 Å². The number of hydrogen-bond donors (Lipinski definition) is 1. The van der Waals surface area contributed by atoms with E-state index in [2.05, 4.69) is 0 Å². The van der Waals surface area contributed by atoms with Crippen LogP contribution < -0.4 is 4.74 Å². The molecule has 1 rings (SSSR count). The summed E-state index contributed by atoms with van der Waals surface area (Å²) in [5.74, 6) is 0.00921. The van der Waals surface area contributed by atoms with Crippen molar-refractivity contribution in [3.8, 4) is 11.5 Å². The molecule has 1 aromatic carbocycles. The second-order valence-electron chi connectivity index (χ2n) is 2.27. The van der Waals surface area contributed by atoms with Gasteiger partial charge in [-0.2, -0.15) is 0 Å². The molecule has 66 valence electrons. The fourth-order valence-corrected chi connectivity index (χ4v) is 0.850. The number of halogens is 2. The van der Waals surface area contributed by atoms with E-state index in [0.717, 1.165) is 6.07 Å². The van der Waals surface area contributed by atoms with Crippen LogP contribution in [0.25, 0.3) is 0 Å². The highest BCUT2D eigenvalue weighted by molar-refractivity contribution is 5.37. The van der Waals surface area contributed by atoms with Crippen molar-refractivity contribution >= 4 is 0 Å². The minimum absolute atomic E-state index is 0.218. The summed E-state index contributed by atoms with van der Waals surface area (Å²) in [5.41, 5.74) is -0.244. The molecule has 0 aliphatic heterocycles. The third-order valence-corrected chi connectivity index (χ3v) is 1.40. The van der Waals surface area contributed by atoms with Crippen LogP contribution in [-0.2, 0) is 0 Å². The minimum Gasteiger partial charge on any atom is -0.508 e. The number of phenols is 1. The van der Waals surface area contributed by atoms with Gasteiger partial charge in [-0.3, -0.25) is 0 Å². The van der Waals surface area contributed by atoms with Gasteiger partial charge in [0, 0.05) is 11.6 Å². The van der Waals surface area contributed by atoms with Gasteiger partial charge in [-0.1, -0.05) is 0 Å². The highest BCUT2D eigenvalue weighted by atomic mass is 19.3. The first-order valence-corrected chi connectivity index (χ1v) is 3.29. The van der Waals surface area contributed by atoms with E-state index in [1.807, 2.05) is 0 Å². The fourth-order valence-electron chi connectivity index (χ4n) is 0.850. The molecule has 4 heteroatoms. The Hall–Kier alpha value is -1.32. The number of benzene rings is 1. The van der Waals surface area contributed by atoms with Crippen LogP contribution in [0.5, 0.6) is 11.5 Å². The monoisotopic (exact) mass is 174 g/mol. The van der Waals surface area contributed by atoms with E-state index in [4.69, 9.17) is 9.84 Å². The molecule has 12 heavy (non-hydrogen) atoms. The number of alkyl halides is 2. The Morgan fingerprint density at radius 1 is 1.33 bits per heavy atom. The zero-order valence-electron chi connectivity index (χ0n) is 6.42. The summed E-state index contributed by atoms with van der Waals surface area (Å²) in [6, 6.07) is 3.46. The summed E-state index contributed by atoms with van der Waals surface area (Å²) in [6.07, 6.45) is -2.59. The Morgan fingerprint density at radius 3 is 2.50 bits per heavy atom. The summed E-state index contributed by atoms with van der Waals surface area (Å²) in [6.45, 7) is 0. The van der Waals surface area contributed by atoms with Crippen molar-refractivity contribution in [2.75, 3.05) is 7.11 Å². The van der Waals surface area contributed by atoms with E-state index in [1.54, 1.807) is 0 Å². The highest BCUT2D eigenvalue weighted by Gasteiger charge is 2.09. The van der Waals surface area contributed by atoms with Gasteiger partial charge in [0.2, 0.25) is 0 Å². The van der Waals surface area contributed by atoms with E-state index in [1.165, 1.54) is 19.2 Å². The third kappa shape index (κ3) is 1.84. The lowest BCUT2D eigenvalue weighted by molar-refractivity contribution is 0.150. The van der Waals surface area contributed by atoms with Gasteiger partial charge in [0.25, 0.3) is 6.43 Å². The maximum atomic E-state index is 12.1. The molecule has 0 saturated heterocycles. The molecule has 2 nitrogen and oxygen atoms in total. The summed E-state index contributed by atoms with van der Waals surface area (Å²) in [7, 11) is 1.35. The Kier molecular flexibility index (Phi) is 2.47. The molecule has 0 heterocycles. The second kappa shape index (κ2) is 3.38. The molecule has 0 aromatic heterocycles. The Bertz CT molecular complexity index is 274. The molecular formula is C8H8F2O2. The molecule has 0 fully saturated rings. The van der Waals surface area contributed by atoms with E-state index < -0.39 is 6.43 Å². The molecule has 0 atom stereocenters. The van der Waals surface area contributed by atoms with Gasteiger partial charge in [0.1, 0.15) is 11.5 Å². The van der Waals surface area contributed by atoms with Gasteiger partial charge < -0.3 is 9.84 Å². The van der Waals surface area contributed by atoms with E-state index >= 15 is 0 Å². The number of aromatic hydroxyl groups is 1. The summed E-state index contributed by atoms with van der Waals surface area (Å²) < 4.78 is 28.9. The number of methoxy groups -OCH3 is 1. The van der Waals surface area contributed by atoms with Crippen LogP contribution in [0.15, 0.2) is 18.2 Å². The normalized spacial score (nSPS) is 10.3. The van der Waals surface area contributed by atoms with Crippen molar-refractivity contribution in [2.24, 2.45) is 0 Å². The van der Waals surface area contributed by atoms with Crippen molar-refractivity contribution in [1.82, 2.24) is 0 Å². The predicted octanol–water partition coefficient (Wildman–Crippen LogP) is 2.34. The molecule has 0 spiro atoms. The molecular weight excluding hydrogens is 166 g/mol. The van der Waals surface area contributed by atoms with Gasteiger partial charge in [-0.15, -0.1) is 0 Å². The second-order valence-corrected chi connectivity index (χ2v) is 2.27. The first kappa shape index (κ1) is 8.77. The minimum atomic E-state index is -2.59. The van der Waals surface area contributed by atoms with Crippen LogP contribution in [0.1, 0.15) is 12.0 Å². The standard InChI is InChI=1S/C8H8F2O2/c1-12-7-3-5(8(9)10)2-6(11)4-7/h2-4,8,11H,1H3. The summed E-state index contributed by atoms with van der Waals surface area (Å²) in [5, 5.41) is 8.96. The van der Waals surface area contributed by atoms with Crippen LogP contribution in [0.3, 0.4) is 0 Å². The average molecular weight is 174 g/mol. The topological polar surface area (TPSA) is 29.5 Å². The molecule has 0 aliphatic carbocycles. The largest absolute Gasteiger partial charge is 0.508 e. The van der Waals surface area contributed by atoms with Gasteiger partial charge >= 0.3 is 0 Å². The van der Waals surface area contributed by atoms with Crippen LogP contribution in [0.4, 0.5) is 8.78 Å². The number of phenolic OH excluding ortho intramolecular Hbond substituents is 1. The zero-order chi connectivity index (χ0) is 9.14. The zero-order valence-corrected chi connectivity index (χ0v) is 6.42. The Morgan fingerprint density at radius 2 is 2.00 bits per heavy atom. The predicted molar refractivity (Wildman–Crippen MR) is 39.6 cm³/mol.